The molecule has 0 bridgehead atoms. The summed E-state index contributed by atoms with van der Waals surface area (Å²) in [5, 5.41) is 18.7. The first kappa shape index (κ1) is 17.1. The van der Waals surface area contributed by atoms with Gasteiger partial charge in [0, 0.05) is 11.1 Å². The molecule has 1 aromatic heterocycles. The second kappa shape index (κ2) is 7.49. The Balaban J connectivity index is 1.66. The van der Waals surface area contributed by atoms with Crippen LogP contribution in [0.2, 0.25) is 0 Å². The molecule has 2 N–H and O–H groups in total. The van der Waals surface area contributed by atoms with Crippen LogP contribution in [-0.4, -0.2) is 32.1 Å². The van der Waals surface area contributed by atoms with Crippen molar-refractivity contribution in [2.75, 3.05) is 0 Å². The van der Waals surface area contributed by atoms with Crippen LogP contribution < -0.4 is 5.46 Å². The molecule has 0 spiro atoms. The predicted molar refractivity (Wildman–Crippen MR) is 106 cm³/mol. The number of benzene rings is 3. The van der Waals surface area contributed by atoms with Gasteiger partial charge in [-0.3, -0.25) is 0 Å². The standard InChI is InChI=1S/C21H16BN3O2/c26-22(27)19-8-4-7-18(13-19)21-24-14-23-20(25-21)17-11-9-16(10-12-17)15-5-2-1-3-6-15/h1-14,26-27H. The summed E-state index contributed by atoms with van der Waals surface area (Å²) in [7, 11) is -1.53. The van der Waals surface area contributed by atoms with Gasteiger partial charge in [-0.2, -0.15) is 0 Å². The molecule has 4 aromatic rings. The fourth-order valence-electron chi connectivity index (χ4n) is 2.86. The summed E-state index contributed by atoms with van der Waals surface area (Å²) in [5.41, 5.74) is 4.25. The van der Waals surface area contributed by atoms with E-state index in [-0.39, 0.29) is 0 Å². The van der Waals surface area contributed by atoms with Crippen molar-refractivity contribution >= 4 is 12.6 Å². The van der Waals surface area contributed by atoms with Gasteiger partial charge < -0.3 is 10.0 Å². The SMILES string of the molecule is OB(O)c1cccc(-c2ncnc(-c3ccc(-c4ccccc4)cc3)n2)c1. The molecule has 5 nitrogen and oxygen atoms in total. The Morgan fingerprint density at radius 3 is 1.89 bits per heavy atom. The monoisotopic (exact) mass is 353 g/mol. The molecule has 0 atom stereocenters. The third-order valence-corrected chi connectivity index (χ3v) is 4.27. The van der Waals surface area contributed by atoms with Gasteiger partial charge in [-0.1, -0.05) is 78.9 Å². The van der Waals surface area contributed by atoms with Gasteiger partial charge in [0.1, 0.15) is 6.33 Å². The highest BCUT2D eigenvalue weighted by Gasteiger charge is 2.13. The van der Waals surface area contributed by atoms with Crippen molar-refractivity contribution in [2.24, 2.45) is 0 Å². The summed E-state index contributed by atoms with van der Waals surface area (Å²) < 4.78 is 0. The van der Waals surface area contributed by atoms with Gasteiger partial charge in [0.15, 0.2) is 11.6 Å². The van der Waals surface area contributed by atoms with Gasteiger partial charge in [0.2, 0.25) is 0 Å². The van der Waals surface area contributed by atoms with Crippen molar-refractivity contribution in [3.05, 3.63) is 85.2 Å². The fraction of sp³-hybridized carbons (Fsp3) is 0. The van der Waals surface area contributed by atoms with Crippen LogP contribution in [0.15, 0.2) is 85.2 Å². The molecule has 0 radical (unpaired) electrons. The molecule has 0 saturated heterocycles. The molecule has 3 aromatic carbocycles. The maximum atomic E-state index is 9.35. The molecule has 0 unspecified atom stereocenters. The van der Waals surface area contributed by atoms with E-state index in [1.807, 2.05) is 48.5 Å². The van der Waals surface area contributed by atoms with E-state index in [2.05, 4.69) is 27.1 Å². The number of hydrogen-bond acceptors (Lipinski definition) is 5. The molecular formula is C21H16BN3O2. The lowest BCUT2D eigenvalue weighted by atomic mass is 9.79. The molecule has 0 aliphatic rings. The minimum atomic E-state index is -1.53. The van der Waals surface area contributed by atoms with Crippen LogP contribution in [0.25, 0.3) is 33.9 Å². The Bertz CT molecular complexity index is 1050. The van der Waals surface area contributed by atoms with E-state index >= 15 is 0 Å². The Morgan fingerprint density at radius 1 is 0.593 bits per heavy atom. The van der Waals surface area contributed by atoms with Crippen molar-refractivity contribution in [3.63, 3.8) is 0 Å². The normalized spacial score (nSPS) is 10.6. The van der Waals surface area contributed by atoms with Gasteiger partial charge in [-0.05, 0) is 16.6 Å². The van der Waals surface area contributed by atoms with Crippen molar-refractivity contribution in [1.82, 2.24) is 15.0 Å². The smallest absolute Gasteiger partial charge is 0.423 e. The third kappa shape index (κ3) is 3.77. The first-order chi connectivity index (χ1) is 13.2. The average molecular weight is 353 g/mol. The molecule has 0 amide bonds. The molecule has 6 heteroatoms. The summed E-state index contributed by atoms with van der Waals surface area (Å²) in [6, 6.07) is 25.1. The van der Waals surface area contributed by atoms with E-state index in [0.29, 0.717) is 22.7 Å². The van der Waals surface area contributed by atoms with Crippen LogP contribution >= 0.6 is 0 Å². The molecule has 0 aliphatic heterocycles. The van der Waals surface area contributed by atoms with E-state index < -0.39 is 7.12 Å². The first-order valence-corrected chi connectivity index (χ1v) is 8.52. The predicted octanol–water partition coefficient (Wildman–Crippen LogP) is 2.55. The lowest BCUT2D eigenvalue weighted by Gasteiger charge is -2.06. The Labute approximate surface area is 157 Å². The maximum Gasteiger partial charge on any atom is 0.488 e. The molecule has 1 heterocycles. The zero-order chi connectivity index (χ0) is 18.6. The van der Waals surface area contributed by atoms with Crippen molar-refractivity contribution in [2.45, 2.75) is 0 Å². The average Bonchev–Trinajstić information content (AvgIpc) is 2.75. The van der Waals surface area contributed by atoms with Crippen LogP contribution in [0.4, 0.5) is 0 Å². The zero-order valence-corrected chi connectivity index (χ0v) is 14.4. The van der Waals surface area contributed by atoms with Crippen LogP contribution in [-0.2, 0) is 0 Å². The Kier molecular flexibility index (Phi) is 4.74. The zero-order valence-electron chi connectivity index (χ0n) is 14.4. The first-order valence-electron chi connectivity index (χ1n) is 8.52. The van der Waals surface area contributed by atoms with Crippen LogP contribution in [0.1, 0.15) is 0 Å². The molecule has 0 saturated carbocycles. The van der Waals surface area contributed by atoms with E-state index in [4.69, 9.17) is 0 Å². The van der Waals surface area contributed by atoms with E-state index in [9.17, 15) is 10.0 Å². The van der Waals surface area contributed by atoms with Gasteiger partial charge in [-0.25, -0.2) is 15.0 Å². The summed E-state index contributed by atoms with van der Waals surface area (Å²) in [4.78, 5) is 13.0. The topological polar surface area (TPSA) is 79.1 Å². The molecular weight excluding hydrogens is 337 g/mol. The molecule has 27 heavy (non-hydrogen) atoms. The highest BCUT2D eigenvalue weighted by molar-refractivity contribution is 6.58. The van der Waals surface area contributed by atoms with Crippen molar-refractivity contribution in [3.8, 4) is 33.9 Å². The fourth-order valence-corrected chi connectivity index (χ4v) is 2.86. The molecule has 130 valence electrons. The van der Waals surface area contributed by atoms with Gasteiger partial charge in [-0.15, -0.1) is 0 Å². The highest BCUT2D eigenvalue weighted by Crippen LogP contribution is 2.23. The third-order valence-electron chi connectivity index (χ3n) is 4.27. The lowest BCUT2D eigenvalue weighted by Crippen LogP contribution is -2.29. The largest absolute Gasteiger partial charge is 0.488 e. The van der Waals surface area contributed by atoms with E-state index in [1.54, 1.807) is 18.2 Å². The number of rotatable bonds is 4. The number of nitrogens with zero attached hydrogens (tertiary/aromatic N) is 3. The second-order valence-corrected chi connectivity index (χ2v) is 6.08. The van der Waals surface area contributed by atoms with Crippen LogP contribution in [0.3, 0.4) is 0 Å². The second-order valence-electron chi connectivity index (χ2n) is 6.08. The molecule has 0 fully saturated rings. The van der Waals surface area contributed by atoms with Gasteiger partial charge >= 0.3 is 7.12 Å². The Hall–Kier alpha value is -3.35. The minimum absolute atomic E-state index is 0.390. The van der Waals surface area contributed by atoms with E-state index in [0.717, 1.165) is 16.7 Å². The van der Waals surface area contributed by atoms with Gasteiger partial charge in [0.05, 0.1) is 0 Å². The quantitative estimate of drug-likeness (QED) is 0.552. The summed E-state index contributed by atoms with van der Waals surface area (Å²) in [6.45, 7) is 0. The summed E-state index contributed by atoms with van der Waals surface area (Å²) in [6.07, 6.45) is 1.46. The molecule has 0 aliphatic carbocycles. The molecule has 4 rings (SSSR count). The number of hydrogen-bond donors (Lipinski definition) is 2. The van der Waals surface area contributed by atoms with Crippen LogP contribution in [0.5, 0.6) is 0 Å². The summed E-state index contributed by atoms with van der Waals surface area (Å²) in [5.74, 6) is 1.05. The van der Waals surface area contributed by atoms with Crippen molar-refractivity contribution < 1.29 is 10.0 Å². The minimum Gasteiger partial charge on any atom is -0.423 e. The van der Waals surface area contributed by atoms with Crippen LogP contribution in [0, 0.1) is 0 Å². The lowest BCUT2D eigenvalue weighted by molar-refractivity contribution is 0.426. The van der Waals surface area contributed by atoms with E-state index in [1.165, 1.54) is 6.33 Å². The van der Waals surface area contributed by atoms with Gasteiger partial charge in [0.25, 0.3) is 0 Å². The Morgan fingerprint density at radius 2 is 1.19 bits per heavy atom. The van der Waals surface area contributed by atoms with Crippen molar-refractivity contribution in [1.29, 1.82) is 0 Å². The number of aromatic nitrogens is 3. The highest BCUT2D eigenvalue weighted by atomic mass is 16.4. The summed E-state index contributed by atoms with van der Waals surface area (Å²) >= 11 is 0. The maximum absolute atomic E-state index is 9.35.